The molecular weight excluding hydrogens is 518 g/mol. The van der Waals surface area contributed by atoms with Crippen LogP contribution in [0.3, 0.4) is 0 Å². The fourth-order valence-corrected chi connectivity index (χ4v) is 4.27. The van der Waals surface area contributed by atoms with Crippen LogP contribution in [0, 0.1) is 0 Å². The number of rotatable bonds is 8. The number of hydrogen-bond acceptors (Lipinski definition) is 6. The number of amides is 3. The highest BCUT2D eigenvalue weighted by Gasteiger charge is 2.39. The zero-order chi connectivity index (χ0) is 28.3. The summed E-state index contributed by atoms with van der Waals surface area (Å²) < 4.78 is 5.20. The number of anilines is 3. The van der Waals surface area contributed by atoms with E-state index in [1.807, 2.05) is 24.3 Å². The van der Waals surface area contributed by atoms with E-state index in [-0.39, 0.29) is 39.9 Å². The summed E-state index contributed by atoms with van der Waals surface area (Å²) in [6.07, 6.45) is -0.323. The van der Waals surface area contributed by atoms with E-state index >= 15 is 0 Å². The minimum Gasteiger partial charge on any atom is -0.459 e. The van der Waals surface area contributed by atoms with E-state index in [0.29, 0.717) is 11.3 Å². The maximum Gasteiger partial charge on any atom is 0.338 e. The number of imide groups is 1. The topological polar surface area (TPSA) is 105 Å². The van der Waals surface area contributed by atoms with Crippen LogP contribution in [-0.4, -0.2) is 29.8 Å². The third-order valence-corrected chi connectivity index (χ3v) is 6.31. The van der Waals surface area contributed by atoms with E-state index in [2.05, 4.69) is 24.5 Å². The number of carbonyl (C=O) groups is 4. The highest BCUT2D eigenvalue weighted by Crippen LogP contribution is 2.31. The maximum absolute atomic E-state index is 13.2. The third kappa shape index (κ3) is 6.02. The van der Waals surface area contributed by atoms with Crippen LogP contribution in [0.5, 0.6) is 0 Å². The normalized spacial score (nSPS) is 13.4. The summed E-state index contributed by atoms with van der Waals surface area (Å²) in [7, 11) is 0. The SMILES string of the molecule is CC(C)OC(=O)c1cccc(N2C(=O)C(Cl)=C(Nc3ccc(C(=O)Nc4ccccc4C(C)C)cc3)C2=O)c1. The Morgan fingerprint density at radius 1 is 0.846 bits per heavy atom. The Labute approximate surface area is 231 Å². The van der Waals surface area contributed by atoms with Crippen LogP contribution in [0.1, 0.15) is 59.9 Å². The lowest BCUT2D eigenvalue weighted by atomic mass is 10.0. The Hall–Kier alpha value is -4.43. The summed E-state index contributed by atoms with van der Waals surface area (Å²) >= 11 is 6.25. The molecule has 2 N–H and O–H groups in total. The van der Waals surface area contributed by atoms with Gasteiger partial charge >= 0.3 is 5.97 Å². The summed E-state index contributed by atoms with van der Waals surface area (Å²) in [6.45, 7) is 7.56. The van der Waals surface area contributed by atoms with Gasteiger partial charge in [0, 0.05) is 16.9 Å². The second-order valence-electron chi connectivity index (χ2n) is 9.54. The van der Waals surface area contributed by atoms with Crippen molar-refractivity contribution in [2.24, 2.45) is 0 Å². The van der Waals surface area contributed by atoms with Gasteiger partial charge in [-0.3, -0.25) is 14.4 Å². The van der Waals surface area contributed by atoms with E-state index in [1.54, 1.807) is 44.2 Å². The molecule has 0 atom stereocenters. The molecule has 0 aliphatic carbocycles. The van der Waals surface area contributed by atoms with E-state index < -0.39 is 17.8 Å². The fraction of sp³-hybridized carbons (Fsp3) is 0.200. The molecule has 0 radical (unpaired) electrons. The van der Waals surface area contributed by atoms with Crippen molar-refractivity contribution in [3.63, 3.8) is 0 Å². The molecule has 9 heteroatoms. The van der Waals surface area contributed by atoms with Gasteiger partial charge in [0.2, 0.25) is 0 Å². The second kappa shape index (κ2) is 11.5. The number of nitrogens with zero attached hydrogens (tertiary/aromatic N) is 1. The van der Waals surface area contributed by atoms with Gasteiger partial charge in [-0.15, -0.1) is 0 Å². The smallest absolute Gasteiger partial charge is 0.338 e. The largest absolute Gasteiger partial charge is 0.459 e. The van der Waals surface area contributed by atoms with E-state index in [4.69, 9.17) is 16.3 Å². The zero-order valence-corrected chi connectivity index (χ0v) is 22.7. The first-order chi connectivity index (χ1) is 18.6. The average molecular weight is 546 g/mol. The Morgan fingerprint density at radius 2 is 1.54 bits per heavy atom. The van der Waals surface area contributed by atoms with Gasteiger partial charge in [-0.05, 0) is 73.9 Å². The fourth-order valence-electron chi connectivity index (χ4n) is 4.06. The predicted molar refractivity (Wildman–Crippen MR) is 151 cm³/mol. The van der Waals surface area contributed by atoms with Crippen molar-refractivity contribution in [2.45, 2.75) is 39.7 Å². The lowest BCUT2D eigenvalue weighted by molar-refractivity contribution is -0.120. The van der Waals surface area contributed by atoms with E-state index in [1.165, 1.54) is 18.2 Å². The Morgan fingerprint density at radius 3 is 2.21 bits per heavy atom. The molecular formula is C30H28ClN3O5. The third-order valence-electron chi connectivity index (χ3n) is 5.96. The first-order valence-corrected chi connectivity index (χ1v) is 12.8. The van der Waals surface area contributed by atoms with Gasteiger partial charge in [-0.2, -0.15) is 0 Å². The number of para-hydroxylation sites is 1. The number of ether oxygens (including phenoxy) is 1. The number of benzene rings is 3. The van der Waals surface area contributed by atoms with Crippen molar-refractivity contribution in [1.29, 1.82) is 0 Å². The highest BCUT2D eigenvalue weighted by molar-refractivity contribution is 6.53. The molecule has 8 nitrogen and oxygen atoms in total. The van der Waals surface area contributed by atoms with Crippen molar-refractivity contribution in [2.75, 3.05) is 15.5 Å². The predicted octanol–water partition coefficient (Wildman–Crippen LogP) is 6.06. The van der Waals surface area contributed by atoms with Crippen LogP contribution >= 0.6 is 11.6 Å². The number of hydrogen-bond donors (Lipinski definition) is 2. The van der Waals surface area contributed by atoms with Crippen LogP contribution in [-0.2, 0) is 14.3 Å². The van der Waals surface area contributed by atoms with Gasteiger partial charge in [0.15, 0.2) is 0 Å². The first kappa shape index (κ1) is 27.6. The summed E-state index contributed by atoms with van der Waals surface area (Å²) in [5, 5.41) is 5.54. The minimum atomic E-state index is -0.724. The molecule has 39 heavy (non-hydrogen) atoms. The van der Waals surface area contributed by atoms with Crippen molar-refractivity contribution in [3.8, 4) is 0 Å². The molecule has 1 aliphatic heterocycles. The van der Waals surface area contributed by atoms with Crippen LogP contribution in [0.15, 0.2) is 83.5 Å². The molecule has 0 fully saturated rings. The van der Waals surface area contributed by atoms with E-state index in [9.17, 15) is 19.2 Å². The molecule has 3 amide bonds. The summed E-state index contributed by atoms with van der Waals surface area (Å²) in [4.78, 5) is 52.1. The van der Waals surface area contributed by atoms with Gasteiger partial charge in [0.1, 0.15) is 10.7 Å². The Kier molecular flexibility index (Phi) is 8.16. The van der Waals surface area contributed by atoms with E-state index in [0.717, 1.165) is 16.2 Å². The molecule has 0 saturated carbocycles. The van der Waals surface area contributed by atoms with Gasteiger partial charge in [0.25, 0.3) is 17.7 Å². The molecule has 0 aromatic heterocycles. The van der Waals surface area contributed by atoms with Crippen molar-refractivity contribution >= 4 is 52.4 Å². The van der Waals surface area contributed by atoms with Crippen molar-refractivity contribution in [3.05, 3.63) is 100 Å². The van der Waals surface area contributed by atoms with Crippen LogP contribution in [0.2, 0.25) is 0 Å². The zero-order valence-electron chi connectivity index (χ0n) is 21.9. The first-order valence-electron chi connectivity index (χ1n) is 12.4. The molecule has 0 saturated heterocycles. The molecule has 0 unspecified atom stereocenters. The van der Waals surface area contributed by atoms with Crippen LogP contribution in [0.25, 0.3) is 0 Å². The maximum atomic E-state index is 13.2. The molecule has 200 valence electrons. The minimum absolute atomic E-state index is 0.111. The van der Waals surface area contributed by atoms with Gasteiger partial charge in [0.05, 0.1) is 17.4 Å². The highest BCUT2D eigenvalue weighted by atomic mass is 35.5. The molecule has 1 aliphatic rings. The lowest BCUT2D eigenvalue weighted by Crippen LogP contribution is -2.32. The standard InChI is InChI=1S/C30H28ClN3O5/c1-17(2)23-10-5-6-11-24(23)33-27(35)19-12-14-21(15-13-19)32-26-25(31)28(36)34(29(26)37)22-9-7-8-20(16-22)30(38)39-18(3)4/h5-18,32H,1-4H3,(H,33,35). The average Bonchev–Trinajstić information content (AvgIpc) is 3.11. The molecule has 3 aromatic carbocycles. The monoisotopic (exact) mass is 545 g/mol. The lowest BCUT2D eigenvalue weighted by Gasteiger charge is -2.16. The summed E-state index contributed by atoms with van der Waals surface area (Å²) in [5.74, 6) is -2.00. The summed E-state index contributed by atoms with van der Waals surface area (Å²) in [6, 6.07) is 20.1. The van der Waals surface area contributed by atoms with Gasteiger partial charge in [-0.1, -0.05) is 49.7 Å². The van der Waals surface area contributed by atoms with Crippen molar-refractivity contribution in [1.82, 2.24) is 0 Å². The Bertz CT molecular complexity index is 1480. The van der Waals surface area contributed by atoms with Gasteiger partial charge in [-0.25, -0.2) is 9.69 Å². The van der Waals surface area contributed by atoms with Crippen LogP contribution < -0.4 is 15.5 Å². The molecule has 0 bridgehead atoms. The molecule has 4 rings (SSSR count). The number of carbonyl (C=O) groups excluding carboxylic acids is 4. The molecule has 0 spiro atoms. The number of nitrogens with one attached hydrogen (secondary N) is 2. The number of esters is 1. The Balaban J connectivity index is 1.48. The number of halogens is 1. The summed E-state index contributed by atoms with van der Waals surface area (Å²) in [5.41, 5.74) is 2.92. The molecule has 3 aromatic rings. The second-order valence-corrected chi connectivity index (χ2v) is 9.92. The van der Waals surface area contributed by atoms with Crippen LogP contribution in [0.4, 0.5) is 17.1 Å². The quantitative estimate of drug-likeness (QED) is 0.263. The van der Waals surface area contributed by atoms with Crippen molar-refractivity contribution < 1.29 is 23.9 Å². The van der Waals surface area contributed by atoms with Gasteiger partial charge < -0.3 is 15.4 Å². The molecule has 1 heterocycles.